The second-order valence-electron chi connectivity index (χ2n) is 3.93. The van der Waals surface area contributed by atoms with Crippen LogP contribution in [0.2, 0.25) is 0 Å². The highest BCUT2D eigenvalue weighted by Crippen LogP contribution is 2.25. The first-order chi connectivity index (χ1) is 6.91. The lowest BCUT2D eigenvalue weighted by Crippen LogP contribution is -2.06. The van der Waals surface area contributed by atoms with Crippen molar-refractivity contribution in [1.82, 2.24) is 0 Å². The normalized spacial score (nSPS) is 13.3. The summed E-state index contributed by atoms with van der Waals surface area (Å²) < 4.78 is 38.6. The van der Waals surface area contributed by atoms with E-state index in [1.54, 1.807) is 0 Å². The molecule has 1 aromatic carbocycles. The summed E-state index contributed by atoms with van der Waals surface area (Å²) in [6, 6.07) is 1.16. The summed E-state index contributed by atoms with van der Waals surface area (Å²) >= 11 is 0. The molecule has 0 spiro atoms. The molecule has 0 aliphatic heterocycles. The van der Waals surface area contributed by atoms with E-state index in [1.165, 1.54) is 0 Å². The van der Waals surface area contributed by atoms with Crippen LogP contribution in [0.15, 0.2) is 12.1 Å². The van der Waals surface area contributed by atoms with E-state index >= 15 is 0 Å². The number of benzene rings is 1. The van der Waals surface area contributed by atoms with Gasteiger partial charge in [0.05, 0.1) is 6.10 Å². The van der Waals surface area contributed by atoms with Gasteiger partial charge in [-0.15, -0.1) is 0 Å². The lowest BCUT2D eigenvalue weighted by atomic mass is 9.99. The van der Waals surface area contributed by atoms with Gasteiger partial charge in [-0.25, -0.2) is 13.2 Å². The fourth-order valence-corrected chi connectivity index (χ4v) is 1.37. The summed E-state index contributed by atoms with van der Waals surface area (Å²) in [5.74, 6) is -3.16. The zero-order valence-electron chi connectivity index (χ0n) is 8.60. The van der Waals surface area contributed by atoms with Crippen molar-refractivity contribution >= 4 is 0 Å². The highest BCUT2D eigenvalue weighted by atomic mass is 19.2. The molecule has 4 heteroatoms. The third-order valence-electron chi connectivity index (χ3n) is 2.09. The zero-order valence-corrected chi connectivity index (χ0v) is 8.60. The maximum Gasteiger partial charge on any atom is 0.161 e. The molecule has 1 rings (SSSR count). The molecule has 0 bridgehead atoms. The Morgan fingerprint density at radius 2 is 1.60 bits per heavy atom. The summed E-state index contributed by atoms with van der Waals surface area (Å²) in [5.41, 5.74) is -0.192. The van der Waals surface area contributed by atoms with Crippen LogP contribution in [0.4, 0.5) is 13.2 Å². The Bertz CT molecular complexity index is 350. The van der Waals surface area contributed by atoms with Crippen molar-refractivity contribution in [3.8, 4) is 0 Å². The van der Waals surface area contributed by atoms with Gasteiger partial charge in [-0.2, -0.15) is 0 Å². The molecule has 1 aromatic rings. The molecule has 1 N–H and O–H groups in total. The third-order valence-corrected chi connectivity index (χ3v) is 2.09. The number of halogens is 3. The van der Waals surface area contributed by atoms with Crippen LogP contribution >= 0.6 is 0 Å². The van der Waals surface area contributed by atoms with Gasteiger partial charge >= 0.3 is 0 Å². The molecule has 0 radical (unpaired) electrons. The summed E-state index contributed by atoms with van der Waals surface area (Å²) in [6.07, 6.45) is -0.790. The van der Waals surface area contributed by atoms with Crippen molar-refractivity contribution in [3.63, 3.8) is 0 Å². The third kappa shape index (κ3) is 2.96. The molecule has 0 heterocycles. The summed E-state index contributed by atoms with van der Waals surface area (Å²) in [5, 5.41) is 9.56. The molecular formula is C11H13F3O. The molecule has 0 amide bonds. The smallest absolute Gasteiger partial charge is 0.161 e. The molecule has 1 unspecified atom stereocenters. The van der Waals surface area contributed by atoms with Gasteiger partial charge in [-0.3, -0.25) is 0 Å². The van der Waals surface area contributed by atoms with Crippen LogP contribution in [0, 0.1) is 23.4 Å². The van der Waals surface area contributed by atoms with E-state index in [4.69, 9.17) is 0 Å². The van der Waals surface area contributed by atoms with Gasteiger partial charge in [-0.1, -0.05) is 13.8 Å². The number of hydrogen-bond donors (Lipinski definition) is 1. The van der Waals surface area contributed by atoms with E-state index in [0.29, 0.717) is 18.6 Å². The van der Waals surface area contributed by atoms with Gasteiger partial charge in [0.25, 0.3) is 0 Å². The minimum absolute atomic E-state index is 0.146. The second-order valence-corrected chi connectivity index (χ2v) is 3.93. The van der Waals surface area contributed by atoms with E-state index in [9.17, 15) is 18.3 Å². The molecule has 1 atom stereocenters. The van der Waals surface area contributed by atoms with Crippen LogP contribution in [0.25, 0.3) is 0 Å². The number of aliphatic hydroxyl groups is 1. The molecular weight excluding hydrogens is 205 g/mol. The zero-order chi connectivity index (χ0) is 11.6. The standard InChI is InChI=1S/C11H13F3O/c1-6(2)3-11(15)7-4-9(13)10(14)5-8(7)12/h4-6,11,15H,3H2,1-2H3. The molecule has 15 heavy (non-hydrogen) atoms. The van der Waals surface area contributed by atoms with Gasteiger partial charge in [0, 0.05) is 11.6 Å². The van der Waals surface area contributed by atoms with Crippen LogP contribution < -0.4 is 0 Å². The molecule has 84 valence electrons. The fraction of sp³-hybridized carbons (Fsp3) is 0.455. The molecule has 0 saturated heterocycles. The van der Waals surface area contributed by atoms with Gasteiger partial charge < -0.3 is 5.11 Å². The SMILES string of the molecule is CC(C)CC(O)c1cc(F)c(F)cc1F. The average molecular weight is 218 g/mol. The van der Waals surface area contributed by atoms with Crippen molar-refractivity contribution < 1.29 is 18.3 Å². The first-order valence-electron chi connectivity index (χ1n) is 4.74. The number of hydrogen-bond acceptors (Lipinski definition) is 1. The maximum absolute atomic E-state index is 13.2. The number of rotatable bonds is 3. The predicted molar refractivity (Wildman–Crippen MR) is 50.7 cm³/mol. The Kier molecular flexibility index (Phi) is 3.74. The van der Waals surface area contributed by atoms with Gasteiger partial charge in [0.15, 0.2) is 11.6 Å². The second kappa shape index (κ2) is 4.66. The first kappa shape index (κ1) is 12.0. The quantitative estimate of drug-likeness (QED) is 0.772. The molecule has 0 aliphatic rings. The lowest BCUT2D eigenvalue weighted by molar-refractivity contribution is 0.146. The summed E-state index contributed by atoms with van der Waals surface area (Å²) in [7, 11) is 0. The van der Waals surface area contributed by atoms with Crippen molar-refractivity contribution in [3.05, 3.63) is 35.1 Å². The van der Waals surface area contributed by atoms with Crippen molar-refractivity contribution in [2.24, 2.45) is 5.92 Å². The Balaban J connectivity index is 2.98. The van der Waals surface area contributed by atoms with E-state index < -0.39 is 23.6 Å². The number of aliphatic hydroxyl groups excluding tert-OH is 1. The Labute approximate surface area is 86.5 Å². The van der Waals surface area contributed by atoms with E-state index in [1.807, 2.05) is 13.8 Å². The van der Waals surface area contributed by atoms with Crippen LogP contribution in [0.5, 0.6) is 0 Å². The van der Waals surface area contributed by atoms with Crippen LogP contribution in [0.3, 0.4) is 0 Å². The van der Waals surface area contributed by atoms with E-state index in [-0.39, 0.29) is 11.5 Å². The minimum Gasteiger partial charge on any atom is -0.388 e. The lowest BCUT2D eigenvalue weighted by Gasteiger charge is -2.14. The molecule has 0 fully saturated rings. The molecule has 0 aliphatic carbocycles. The molecule has 0 saturated carbocycles. The van der Waals surface area contributed by atoms with Crippen molar-refractivity contribution in [2.45, 2.75) is 26.4 Å². The van der Waals surface area contributed by atoms with E-state index in [2.05, 4.69) is 0 Å². The van der Waals surface area contributed by atoms with Crippen LogP contribution in [-0.4, -0.2) is 5.11 Å². The van der Waals surface area contributed by atoms with Crippen LogP contribution in [-0.2, 0) is 0 Å². The molecule has 0 aromatic heterocycles. The largest absolute Gasteiger partial charge is 0.388 e. The Morgan fingerprint density at radius 1 is 1.07 bits per heavy atom. The van der Waals surface area contributed by atoms with Crippen molar-refractivity contribution in [1.29, 1.82) is 0 Å². The Hall–Kier alpha value is -1.03. The van der Waals surface area contributed by atoms with Crippen LogP contribution in [0.1, 0.15) is 31.9 Å². The van der Waals surface area contributed by atoms with Gasteiger partial charge in [0.1, 0.15) is 5.82 Å². The van der Waals surface area contributed by atoms with Gasteiger partial charge in [-0.05, 0) is 18.4 Å². The fourth-order valence-electron chi connectivity index (χ4n) is 1.37. The van der Waals surface area contributed by atoms with E-state index in [0.717, 1.165) is 0 Å². The maximum atomic E-state index is 13.2. The topological polar surface area (TPSA) is 20.2 Å². The Morgan fingerprint density at radius 3 is 2.13 bits per heavy atom. The summed E-state index contributed by atoms with van der Waals surface area (Å²) in [6.45, 7) is 3.70. The van der Waals surface area contributed by atoms with Crippen molar-refractivity contribution in [2.75, 3.05) is 0 Å². The minimum atomic E-state index is -1.24. The predicted octanol–water partition coefficient (Wildman–Crippen LogP) is 3.18. The average Bonchev–Trinajstić information content (AvgIpc) is 2.09. The molecule has 1 nitrogen and oxygen atoms in total. The monoisotopic (exact) mass is 218 g/mol. The highest BCUT2D eigenvalue weighted by Gasteiger charge is 2.17. The summed E-state index contributed by atoms with van der Waals surface area (Å²) in [4.78, 5) is 0. The first-order valence-corrected chi connectivity index (χ1v) is 4.74. The van der Waals surface area contributed by atoms with Gasteiger partial charge in [0.2, 0.25) is 0 Å². The highest BCUT2D eigenvalue weighted by molar-refractivity contribution is 5.22.